The highest BCUT2D eigenvalue weighted by Crippen LogP contribution is 2.37. The molecule has 6 nitrogen and oxygen atoms in total. The second kappa shape index (κ2) is 5.55. The summed E-state index contributed by atoms with van der Waals surface area (Å²) in [7, 11) is 1.56. The Hall–Kier alpha value is -2.00. The fraction of sp³-hybridized carbons (Fsp3) is 0.182. The van der Waals surface area contributed by atoms with Crippen LogP contribution in [0.5, 0.6) is 0 Å². The summed E-state index contributed by atoms with van der Waals surface area (Å²) in [5, 5.41) is 20.1. The van der Waals surface area contributed by atoms with Crippen LogP contribution in [0.3, 0.4) is 0 Å². The third-order valence-corrected chi connectivity index (χ3v) is 3.78. The van der Waals surface area contributed by atoms with Crippen LogP contribution in [-0.4, -0.2) is 19.6 Å². The van der Waals surface area contributed by atoms with Gasteiger partial charge in [0.15, 0.2) is 16.8 Å². The van der Waals surface area contributed by atoms with Gasteiger partial charge in [-0.25, -0.2) is 13.8 Å². The van der Waals surface area contributed by atoms with Gasteiger partial charge < -0.3 is 9.67 Å². The summed E-state index contributed by atoms with van der Waals surface area (Å²) in [6.45, 7) is -0.280. The summed E-state index contributed by atoms with van der Waals surface area (Å²) in [5.41, 5.74) is -0.0885. The summed E-state index contributed by atoms with van der Waals surface area (Å²) in [4.78, 5) is 13.5. The van der Waals surface area contributed by atoms with Crippen LogP contribution in [0.15, 0.2) is 28.4 Å². The number of imidazole rings is 1. The summed E-state index contributed by atoms with van der Waals surface area (Å²) < 4.78 is 28.4. The van der Waals surface area contributed by atoms with E-state index in [9.17, 15) is 18.9 Å². The zero-order chi connectivity index (χ0) is 14.9. The number of nitro groups is 1. The minimum atomic E-state index is -1.29. The highest BCUT2D eigenvalue weighted by Gasteiger charge is 2.24. The zero-order valence-corrected chi connectivity index (χ0v) is 11.0. The normalized spacial score (nSPS) is 10.8. The molecule has 0 aliphatic rings. The van der Waals surface area contributed by atoms with Gasteiger partial charge in [0.05, 0.1) is 23.4 Å². The first-order valence-corrected chi connectivity index (χ1v) is 6.19. The molecule has 0 atom stereocenters. The Bertz CT molecular complexity index is 675. The highest BCUT2D eigenvalue weighted by molar-refractivity contribution is 7.99. The van der Waals surface area contributed by atoms with Gasteiger partial charge in [-0.1, -0.05) is 0 Å². The molecular weight excluding hydrogens is 292 g/mol. The van der Waals surface area contributed by atoms with Gasteiger partial charge in [0.2, 0.25) is 0 Å². The number of rotatable bonds is 4. The molecule has 1 heterocycles. The number of nitro benzene ring substituents is 1. The van der Waals surface area contributed by atoms with Crippen molar-refractivity contribution in [3.8, 4) is 0 Å². The fourth-order valence-corrected chi connectivity index (χ4v) is 2.50. The fourth-order valence-electron chi connectivity index (χ4n) is 1.52. The van der Waals surface area contributed by atoms with Crippen LogP contribution < -0.4 is 0 Å². The van der Waals surface area contributed by atoms with E-state index in [4.69, 9.17) is 5.11 Å². The molecule has 0 bridgehead atoms. The Morgan fingerprint density at radius 3 is 2.75 bits per heavy atom. The Morgan fingerprint density at radius 1 is 1.50 bits per heavy atom. The number of benzene rings is 1. The first-order chi connectivity index (χ1) is 9.45. The zero-order valence-electron chi connectivity index (χ0n) is 10.2. The van der Waals surface area contributed by atoms with E-state index < -0.39 is 27.1 Å². The number of nitrogens with zero attached hydrogens (tertiary/aromatic N) is 3. The van der Waals surface area contributed by atoms with Crippen molar-refractivity contribution in [3.63, 3.8) is 0 Å². The predicted octanol–water partition coefficient (Wildman–Crippen LogP) is 2.25. The number of halogens is 2. The summed E-state index contributed by atoms with van der Waals surface area (Å²) in [6, 6.07) is 1.60. The van der Waals surface area contributed by atoms with Crippen molar-refractivity contribution in [2.45, 2.75) is 16.7 Å². The number of hydrogen-bond acceptors (Lipinski definition) is 5. The van der Waals surface area contributed by atoms with Crippen LogP contribution in [0, 0.1) is 21.7 Å². The van der Waals surface area contributed by atoms with E-state index in [-0.39, 0.29) is 11.8 Å². The van der Waals surface area contributed by atoms with E-state index in [1.807, 2.05) is 0 Å². The highest BCUT2D eigenvalue weighted by atomic mass is 32.2. The first-order valence-electron chi connectivity index (χ1n) is 5.37. The molecule has 0 aliphatic heterocycles. The van der Waals surface area contributed by atoms with Crippen LogP contribution in [0.2, 0.25) is 0 Å². The lowest BCUT2D eigenvalue weighted by molar-refractivity contribution is -0.388. The van der Waals surface area contributed by atoms with Gasteiger partial charge in [-0.2, -0.15) is 0 Å². The summed E-state index contributed by atoms with van der Waals surface area (Å²) in [5.74, 6) is -2.47. The Kier molecular flexibility index (Phi) is 4.00. The summed E-state index contributed by atoms with van der Waals surface area (Å²) >= 11 is 0.630. The van der Waals surface area contributed by atoms with E-state index in [1.54, 1.807) is 7.05 Å². The molecule has 0 amide bonds. The van der Waals surface area contributed by atoms with Crippen molar-refractivity contribution in [2.75, 3.05) is 0 Å². The quantitative estimate of drug-likeness (QED) is 0.692. The van der Waals surface area contributed by atoms with Crippen molar-refractivity contribution in [1.82, 2.24) is 9.55 Å². The van der Waals surface area contributed by atoms with Gasteiger partial charge in [-0.3, -0.25) is 10.1 Å². The Morgan fingerprint density at radius 2 is 2.20 bits per heavy atom. The first kappa shape index (κ1) is 14.4. The number of aliphatic hydroxyl groups is 1. The van der Waals surface area contributed by atoms with Crippen LogP contribution in [-0.2, 0) is 13.7 Å². The topological polar surface area (TPSA) is 81.2 Å². The number of aromatic nitrogens is 2. The lowest BCUT2D eigenvalue weighted by Gasteiger charge is -2.06. The molecule has 0 radical (unpaired) electrons. The van der Waals surface area contributed by atoms with Gasteiger partial charge >= 0.3 is 0 Å². The predicted molar refractivity (Wildman–Crippen MR) is 66.3 cm³/mol. The monoisotopic (exact) mass is 301 g/mol. The molecule has 0 aliphatic carbocycles. The molecule has 2 rings (SSSR count). The third kappa shape index (κ3) is 2.49. The van der Waals surface area contributed by atoms with Gasteiger partial charge in [0.1, 0.15) is 4.90 Å². The van der Waals surface area contributed by atoms with E-state index in [0.717, 1.165) is 6.07 Å². The third-order valence-electron chi connectivity index (χ3n) is 2.62. The van der Waals surface area contributed by atoms with Crippen LogP contribution in [0.1, 0.15) is 5.69 Å². The molecule has 0 saturated carbocycles. The van der Waals surface area contributed by atoms with Crippen molar-refractivity contribution < 1.29 is 18.8 Å². The van der Waals surface area contributed by atoms with Crippen LogP contribution in [0.4, 0.5) is 14.5 Å². The maximum Gasteiger partial charge on any atom is 0.286 e. The molecule has 2 aromatic rings. The molecule has 1 N–H and O–H groups in total. The number of aliphatic hydroxyl groups excluding tert-OH is 1. The molecular formula is C11H9F2N3O3S. The molecule has 9 heteroatoms. The second-order valence-corrected chi connectivity index (χ2v) is 4.80. The summed E-state index contributed by atoms with van der Waals surface area (Å²) in [6.07, 6.45) is 1.35. The standard InChI is InChI=1S/C11H9F2N3O3S/c1-15-6(5-17)4-14-11(15)20-10-8(16(18)19)3-2-7(12)9(10)13/h2-4,17H,5H2,1H3. The van der Waals surface area contributed by atoms with Crippen molar-refractivity contribution >= 4 is 17.4 Å². The maximum atomic E-state index is 13.7. The van der Waals surface area contributed by atoms with E-state index >= 15 is 0 Å². The van der Waals surface area contributed by atoms with Gasteiger partial charge in [-0.15, -0.1) is 0 Å². The molecule has 1 aromatic heterocycles. The second-order valence-electron chi connectivity index (χ2n) is 3.82. The maximum absolute atomic E-state index is 13.7. The van der Waals surface area contributed by atoms with Crippen molar-refractivity contribution in [1.29, 1.82) is 0 Å². The Labute approximate surface area is 116 Å². The largest absolute Gasteiger partial charge is 0.390 e. The molecule has 106 valence electrons. The number of hydrogen-bond donors (Lipinski definition) is 1. The molecule has 0 spiro atoms. The van der Waals surface area contributed by atoms with Crippen LogP contribution in [0.25, 0.3) is 0 Å². The van der Waals surface area contributed by atoms with E-state index in [2.05, 4.69) is 4.98 Å². The van der Waals surface area contributed by atoms with Gasteiger partial charge in [-0.05, 0) is 17.8 Å². The van der Waals surface area contributed by atoms with Crippen molar-refractivity contribution in [3.05, 3.63) is 45.8 Å². The van der Waals surface area contributed by atoms with E-state index in [1.165, 1.54) is 10.8 Å². The van der Waals surface area contributed by atoms with Gasteiger partial charge in [0.25, 0.3) is 5.69 Å². The Balaban J connectivity index is 2.49. The minimum absolute atomic E-state index is 0.210. The lowest BCUT2D eigenvalue weighted by Crippen LogP contribution is -2.00. The smallest absolute Gasteiger partial charge is 0.286 e. The van der Waals surface area contributed by atoms with E-state index in [0.29, 0.717) is 23.5 Å². The molecule has 0 fully saturated rings. The van der Waals surface area contributed by atoms with Crippen LogP contribution >= 0.6 is 11.8 Å². The average molecular weight is 301 g/mol. The molecule has 0 saturated heterocycles. The SMILES string of the molecule is Cn1c(CO)cnc1Sc1c([N+](=O)[O-])ccc(F)c1F. The molecule has 20 heavy (non-hydrogen) atoms. The van der Waals surface area contributed by atoms with Crippen molar-refractivity contribution in [2.24, 2.45) is 7.05 Å². The minimum Gasteiger partial charge on any atom is -0.390 e. The molecule has 0 unspecified atom stereocenters. The lowest BCUT2D eigenvalue weighted by atomic mass is 10.3. The average Bonchev–Trinajstić information content (AvgIpc) is 2.75. The molecule has 1 aromatic carbocycles. The van der Waals surface area contributed by atoms with Gasteiger partial charge in [0, 0.05) is 13.1 Å².